The maximum Gasteiger partial charge on any atom is 0.419 e. The second kappa shape index (κ2) is 6.14. The molecule has 0 aromatic heterocycles. The minimum absolute atomic E-state index is 0. The molecular formula is C13H11Cl2F4N. The van der Waals surface area contributed by atoms with Crippen LogP contribution in [0.1, 0.15) is 24.5 Å². The van der Waals surface area contributed by atoms with Gasteiger partial charge < -0.3 is 0 Å². The van der Waals surface area contributed by atoms with Crippen molar-refractivity contribution >= 4 is 29.7 Å². The molecule has 0 N–H and O–H groups in total. The number of halogens is 6. The van der Waals surface area contributed by atoms with E-state index in [9.17, 15) is 17.6 Å². The second-order valence-electron chi connectivity index (χ2n) is 4.29. The van der Waals surface area contributed by atoms with Crippen molar-refractivity contribution < 1.29 is 17.6 Å². The van der Waals surface area contributed by atoms with Crippen molar-refractivity contribution in [2.45, 2.75) is 19.5 Å². The van der Waals surface area contributed by atoms with Crippen molar-refractivity contribution in [3.05, 3.63) is 46.4 Å². The van der Waals surface area contributed by atoms with Crippen molar-refractivity contribution in [2.75, 3.05) is 5.88 Å². The number of allylic oxidation sites excluding steroid dienone is 2. The number of rotatable bonds is 2. The highest BCUT2D eigenvalue weighted by atomic mass is 35.5. The molecule has 1 heterocycles. The molecule has 0 bridgehead atoms. The molecule has 0 radical (unpaired) electrons. The van der Waals surface area contributed by atoms with Crippen molar-refractivity contribution in [3.63, 3.8) is 0 Å². The first-order valence-electron chi connectivity index (χ1n) is 5.52. The fourth-order valence-electron chi connectivity index (χ4n) is 1.89. The Morgan fingerprint density at radius 2 is 1.95 bits per heavy atom. The largest absolute Gasteiger partial charge is 0.419 e. The van der Waals surface area contributed by atoms with Gasteiger partial charge in [-0.25, -0.2) is 4.39 Å². The zero-order valence-corrected chi connectivity index (χ0v) is 12.0. The highest BCUT2D eigenvalue weighted by Crippen LogP contribution is 2.32. The number of aliphatic imine (C=N–C) groups is 1. The average molecular weight is 328 g/mol. The highest BCUT2D eigenvalue weighted by molar-refractivity contribution is 6.20. The van der Waals surface area contributed by atoms with Gasteiger partial charge in [0.25, 0.3) is 0 Å². The lowest BCUT2D eigenvalue weighted by molar-refractivity contribution is -0.140. The number of benzene rings is 1. The molecule has 0 amide bonds. The Morgan fingerprint density at radius 3 is 2.40 bits per heavy atom. The summed E-state index contributed by atoms with van der Waals surface area (Å²) in [5, 5.41) is 0. The molecule has 0 aliphatic carbocycles. The Bertz CT molecular complexity index is 576. The third-order valence-corrected chi connectivity index (χ3v) is 3.18. The Kier molecular flexibility index (Phi) is 5.21. The molecule has 0 saturated heterocycles. The van der Waals surface area contributed by atoms with Gasteiger partial charge in [0.2, 0.25) is 0 Å². The van der Waals surface area contributed by atoms with Crippen LogP contribution in [0.25, 0.3) is 0 Å². The zero-order chi connectivity index (χ0) is 14.2. The summed E-state index contributed by atoms with van der Waals surface area (Å²) < 4.78 is 50.8. The summed E-state index contributed by atoms with van der Waals surface area (Å²) in [7, 11) is 0. The lowest BCUT2D eigenvalue weighted by atomic mass is 10.0. The van der Waals surface area contributed by atoms with Gasteiger partial charge >= 0.3 is 6.18 Å². The molecule has 0 saturated carbocycles. The predicted molar refractivity (Wildman–Crippen MR) is 73.2 cm³/mol. The highest BCUT2D eigenvalue weighted by Gasteiger charge is 2.34. The van der Waals surface area contributed by atoms with E-state index in [1.165, 1.54) is 6.07 Å². The first-order chi connectivity index (χ1) is 8.82. The third kappa shape index (κ3) is 3.33. The van der Waals surface area contributed by atoms with Crippen molar-refractivity contribution in [2.24, 2.45) is 4.99 Å². The normalized spacial score (nSPS) is 15.2. The van der Waals surface area contributed by atoms with Gasteiger partial charge in [-0.15, -0.1) is 24.0 Å². The molecule has 20 heavy (non-hydrogen) atoms. The van der Waals surface area contributed by atoms with Crippen LogP contribution in [-0.4, -0.2) is 11.6 Å². The van der Waals surface area contributed by atoms with Crippen LogP contribution >= 0.6 is 24.0 Å². The smallest absolute Gasteiger partial charge is 0.256 e. The maximum atomic E-state index is 13.5. The summed E-state index contributed by atoms with van der Waals surface area (Å²) in [5.41, 5.74) is 1.27. The Labute approximate surface area is 124 Å². The predicted octanol–water partition coefficient (Wildman–Crippen LogP) is 4.97. The molecule has 0 fully saturated rings. The van der Waals surface area contributed by atoms with Crippen LogP contribution in [0.4, 0.5) is 17.6 Å². The molecule has 110 valence electrons. The number of hydrogen-bond acceptors (Lipinski definition) is 1. The van der Waals surface area contributed by atoms with Crippen molar-refractivity contribution in [1.29, 1.82) is 0 Å². The van der Waals surface area contributed by atoms with Crippen LogP contribution in [-0.2, 0) is 6.18 Å². The van der Waals surface area contributed by atoms with E-state index in [1.54, 1.807) is 0 Å². The van der Waals surface area contributed by atoms with E-state index in [1.807, 2.05) is 6.92 Å². The van der Waals surface area contributed by atoms with Gasteiger partial charge in [-0.2, -0.15) is 13.2 Å². The quantitative estimate of drug-likeness (QED) is 0.537. The summed E-state index contributed by atoms with van der Waals surface area (Å²) in [5.74, 6) is -1.05. The molecule has 0 spiro atoms. The van der Waals surface area contributed by atoms with Crippen LogP contribution in [0.15, 0.2) is 34.5 Å². The van der Waals surface area contributed by atoms with Gasteiger partial charge in [-0.1, -0.05) is 6.07 Å². The van der Waals surface area contributed by atoms with Crippen LogP contribution in [0.5, 0.6) is 0 Å². The monoisotopic (exact) mass is 327 g/mol. The first-order valence-corrected chi connectivity index (χ1v) is 6.05. The molecule has 1 aromatic rings. The van der Waals surface area contributed by atoms with Crippen molar-refractivity contribution in [3.8, 4) is 0 Å². The molecule has 7 heteroatoms. The lowest BCUT2D eigenvalue weighted by Crippen LogP contribution is -2.09. The van der Waals surface area contributed by atoms with Crippen molar-refractivity contribution in [1.82, 2.24) is 0 Å². The van der Waals surface area contributed by atoms with E-state index in [2.05, 4.69) is 4.99 Å². The lowest BCUT2D eigenvalue weighted by Gasteiger charge is -2.09. The number of nitrogens with zero attached hydrogens (tertiary/aromatic N) is 1. The molecule has 0 unspecified atom stereocenters. The van der Waals surface area contributed by atoms with Gasteiger partial charge in [0.05, 0.1) is 22.9 Å². The van der Waals surface area contributed by atoms with E-state index in [0.717, 1.165) is 17.7 Å². The fraction of sp³-hybridized carbons (Fsp3) is 0.308. The average Bonchev–Trinajstić information content (AvgIpc) is 2.68. The van der Waals surface area contributed by atoms with E-state index in [4.69, 9.17) is 11.6 Å². The number of alkyl halides is 4. The van der Waals surface area contributed by atoms with E-state index >= 15 is 0 Å². The van der Waals surface area contributed by atoms with Crippen LogP contribution in [0, 0.1) is 5.82 Å². The fourth-order valence-corrected chi connectivity index (χ4v) is 2.17. The van der Waals surface area contributed by atoms with Gasteiger partial charge in [-0.05, 0) is 30.2 Å². The Hall–Kier alpha value is -1.07. The van der Waals surface area contributed by atoms with Gasteiger partial charge in [0.1, 0.15) is 5.82 Å². The Morgan fingerprint density at radius 1 is 1.30 bits per heavy atom. The molecule has 1 nitrogen and oxygen atoms in total. The van der Waals surface area contributed by atoms with E-state index in [-0.39, 0.29) is 18.3 Å². The maximum absolute atomic E-state index is 13.5. The zero-order valence-electron chi connectivity index (χ0n) is 10.4. The summed E-state index contributed by atoms with van der Waals surface area (Å²) in [6.45, 7) is 1.84. The summed E-state index contributed by atoms with van der Waals surface area (Å²) >= 11 is 5.68. The molecule has 1 aliphatic rings. The second-order valence-corrected chi connectivity index (χ2v) is 4.56. The van der Waals surface area contributed by atoms with Crippen LogP contribution in [0.3, 0.4) is 0 Å². The standard InChI is InChI=1S/C13H10ClF4N.ClH/c1-7-4-11(19-12(7)6-14)8-2-3-9(10(15)5-8)13(16,17)18;/h2-3,5H,4,6H2,1H3;1H. The van der Waals surface area contributed by atoms with Gasteiger partial charge in [0, 0.05) is 6.42 Å². The molecule has 1 aliphatic heterocycles. The van der Waals surface area contributed by atoms with Gasteiger partial charge in [0.15, 0.2) is 0 Å². The first kappa shape index (κ1) is 17.0. The molecule has 1 aromatic carbocycles. The molecule has 2 rings (SSSR count). The number of hydrogen-bond donors (Lipinski definition) is 0. The summed E-state index contributed by atoms with van der Waals surface area (Å²) in [6.07, 6.45) is -4.21. The van der Waals surface area contributed by atoms with Gasteiger partial charge in [-0.3, -0.25) is 4.99 Å². The summed E-state index contributed by atoms with van der Waals surface area (Å²) in [6, 6.07) is 2.84. The molecular weight excluding hydrogens is 317 g/mol. The minimum atomic E-state index is -4.68. The SMILES string of the molecule is CC1=C(CCl)N=C(c2ccc(C(F)(F)F)c(F)c2)C1.Cl. The third-order valence-electron chi connectivity index (χ3n) is 2.93. The van der Waals surface area contributed by atoms with Crippen LogP contribution < -0.4 is 0 Å². The Balaban J connectivity index is 0.00000200. The van der Waals surface area contributed by atoms with E-state index in [0.29, 0.717) is 23.4 Å². The topological polar surface area (TPSA) is 12.4 Å². The summed E-state index contributed by atoms with van der Waals surface area (Å²) in [4.78, 5) is 4.21. The van der Waals surface area contributed by atoms with E-state index < -0.39 is 17.6 Å². The van der Waals surface area contributed by atoms with Crippen LogP contribution in [0.2, 0.25) is 0 Å². The minimum Gasteiger partial charge on any atom is -0.256 e. The molecule has 0 atom stereocenters.